The van der Waals surface area contributed by atoms with Crippen LogP contribution in [0, 0.1) is 17.4 Å². The summed E-state index contributed by atoms with van der Waals surface area (Å²) in [5.41, 5.74) is 3.50. The van der Waals surface area contributed by atoms with Gasteiger partial charge in [-0.15, -0.1) is 0 Å². The van der Waals surface area contributed by atoms with Crippen LogP contribution in [0.15, 0.2) is 30.5 Å². The van der Waals surface area contributed by atoms with E-state index in [0.29, 0.717) is 13.0 Å². The van der Waals surface area contributed by atoms with Gasteiger partial charge in [-0.05, 0) is 48.4 Å². The summed E-state index contributed by atoms with van der Waals surface area (Å²) >= 11 is 2.25. The van der Waals surface area contributed by atoms with Gasteiger partial charge in [0.2, 0.25) is 5.91 Å². The van der Waals surface area contributed by atoms with E-state index in [1.165, 1.54) is 5.56 Å². The van der Waals surface area contributed by atoms with E-state index in [4.69, 9.17) is 0 Å². The number of nitrogens with zero attached hydrogens (tertiary/aromatic N) is 2. The largest absolute Gasteiger partial charge is 0.349 e. The van der Waals surface area contributed by atoms with Crippen LogP contribution in [0.3, 0.4) is 0 Å². The average Bonchev–Trinajstić information content (AvgIpc) is 2.83. The first-order valence-electron chi connectivity index (χ1n) is 7.55. The molecular weight excluding hydrogens is 389 g/mol. The fraction of sp³-hybridized carbons (Fsp3) is 0.412. The van der Waals surface area contributed by atoms with Crippen molar-refractivity contribution in [1.29, 1.82) is 0 Å². The molecule has 1 unspecified atom stereocenters. The third-order valence-corrected chi connectivity index (χ3v) is 4.88. The third-order valence-electron chi connectivity index (χ3n) is 3.82. The summed E-state index contributed by atoms with van der Waals surface area (Å²) < 4.78 is 3.01. The van der Waals surface area contributed by atoms with Crippen LogP contribution in [0.4, 0.5) is 0 Å². The maximum Gasteiger partial charge on any atom is 0.222 e. The van der Waals surface area contributed by atoms with Crippen LogP contribution in [0.2, 0.25) is 0 Å². The van der Waals surface area contributed by atoms with Crippen LogP contribution < -0.4 is 5.32 Å². The van der Waals surface area contributed by atoms with Crippen LogP contribution in [0.5, 0.6) is 0 Å². The zero-order chi connectivity index (χ0) is 16.1. The van der Waals surface area contributed by atoms with E-state index in [0.717, 1.165) is 21.2 Å². The minimum Gasteiger partial charge on any atom is -0.349 e. The van der Waals surface area contributed by atoms with Gasteiger partial charge >= 0.3 is 0 Å². The van der Waals surface area contributed by atoms with Gasteiger partial charge in [0, 0.05) is 18.7 Å². The molecule has 0 aliphatic carbocycles. The maximum absolute atomic E-state index is 12.2. The van der Waals surface area contributed by atoms with Gasteiger partial charge in [-0.25, -0.2) is 0 Å². The highest BCUT2D eigenvalue weighted by Crippen LogP contribution is 2.17. The summed E-state index contributed by atoms with van der Waals surface area (Å²) in [6.07, 6.45) is 3.16. The number of hydrogen-bond donors (Lipinski definition) is 1. The van der Waals surface area contributed by atoms with Crippen molar-refractivity contribution in [1.82, 2.24) is 15.1 Å². The molecule has 22 heavy (non-hydrogen) atoms. The third kappa shape index (κ3) is 4.32. The lowest BCUT2D eigenvalue weighted by Gasteiger charge is -2.18. The predicted octanol–water partition coefficient (Wildman–Crippen LogP) is 3.76. The summed E-state index contributed by atoms with van der Waals surface area (Å²) in [6.45, 7) is 6.79. The minimum absolute atomic E-state index is 0.0670. The smallest absolute Gasteiger partial charge is 0.222 e. The zero-order valence-electron chi connectivity index (χ0n) is 13.3. The van der Waals surface area contributed by atoms with Crippen molar-refractivity contribution in [3.63, 3.8) is 0 Å². The molecule has 1 aromatic carbocycles. The van der Waals surface area contributed by atoms with Gasteiger partial charge < -0.3 is 5.32 Å². The molecule has 118 valence electrons. The SMILES string of the molecule is CCC(NC(=O)CCn1ncc(I)c1C)c1ccc(C)cc1. The fourth-order valence-electron chi connectivity index (χ4n) is 2.34. The number of carbonyl (C=O) groups is 1. The predicted molar refractivity (Wildman–Crippen MR) is 96.7 cm³/mol. The van der Waals surface area contributed by atoms with Crippen LogP contribution >= 0.6 is 22.6 Å². The van der Waals surface area contributed by atoms with Gasteiger partial charge in [0.05, 0.1) is 15.8 Å². The topological polar surface area (TPSA) is 46.9 Å². The molecule has 1 N–H and O–H groups in total. The highest BCUT2D eigenvalue weighted by molar-refractivity contribution is 14.1. The first-order chi connectivity index (χ1) is 10.5. The van der Waals surface area contributed by atoms with Crippen LogP contribution in [0.25, 0.3) is 0 Å². The molecule has 0 fully saturated rings. The molecule has 1 aromatic heterocycles. The number of aromatic nitrogens is 2. The lowest BCUT2D eigenvalue weighted by Crippen LogP contribution is -2.29. The molecule has 2 aromatic rings. The number of benzene rings is 1. The van der Waals surface area contributed by atoms with E-state index >= 15 is 0 Å². The molecule has 0 aliphatic heterocycles. The average molecular weight is 411 g/mol. The van der Waals surface area contributed by atoms with Crippen molar-refractivity contribution in [2.45, 2.75) is 46.2 Å². The number of amides is 1. The summed E-state index contributed by atoms with van der Waals surface area (Å²) in [7, 11) is 0. The summed E-state index contributed by atoms with van der Waals surface area (Å²) in [5, 5.41) is 7.40. The summed E-state index contributed by atoms with van der Waals surface area (Å²) in [4.78, 5) is 12.2. The number of aryl methyl sites for hydroxylation is 2. The second-order valence-corrected chi connectivity index (χ2v) is 6.65. The lowest BCUT2D eigenvalue weighted by atomic mass is 10.0. The minimum atomic E-state index is 0.0670. The van der Waals surface area contributed by atoms with Crippen LogP contribution in [0.1, 0.15) is 42.6 Å². The highest BCUT2D eigenvalue weighted by atomic mass is 127. The first kappa shape index (κ1) is 17.0. The van der Waals surface area contributed by atoms with E-state index in [2.05, 4.69) is 71.1 Å². The maximum atomic E-state index is 12.2. The first-order valence-corrected chi connectivity index (χ1v) is 8.63. The number of halogens is 1. The van der Waals surface area contributed by atoms with Gasteiger partial charge in [-0.3, -0.25) is 9.48 Å². The number of nitrogens with one attached hydrogen (secondary N) is 1. The number of hydrogen-bond acceptors (Lipinski definition) is 2. The Balaban J connectivity index is 1.92. The Hall–Kier alpha value is -1.37. The van der Waals surface area contributed by atoms with Crippen molar-refractivity contribution in [2.24, 2.45) is 0 Å². The van der Waals surface area contributed by atoms with Crippen LogP contribution in [-0.2, 0) is 11.3 Å². The van der Waals surface area contributed by atoms with Crippen molar-refractivity contribution < 1.29 is 4.79 Å². The van der Waals surface area contributed by atoms with E-state index in [9.17, 15) is 4.79 Å². The van der Waals surface area contributed by atoms with E-state index < -0.39 is 0 Å². The highest BCUT2D eigenvalue weighted by Gasteiger charge is 2.13. The monoisotopic (exact) mass is 411 g/mol. The van der Waals surface area contributed by atoms with E-state index in [1.807, 2.05) is 17.8 Å². The van der Waals surface area contributed by atoms with Gasteiger partial charge in [-0.1, -0.05) is 36.8 Å². The summed E-state index contributed by atoms with van der Waals surface area (Å²) in [6, 6.07) is 8.42. The number of carbonyl (C=O) groups excluding carboxylic acids is 1. The molecule has 0 radical (unpaired) electrons. The molecule has 2 rings (SSSR count). The standard InChI is InChI=1S/C17H22IN3O/c1-4-16(14-7-5-12(2)6-8-14)20-17(22)9-10-21-13(3)15(18)11-19-21/h5-8,11,16H,4,9-10H2,1-3H3,(H,20,22). The Kier molecular flexibility index (Phi) is 5.99. The van der Waals surface area contributed by atoms with E-state index in [-0.39, 0.29) is 11.9 Å². The van der Waals surface area contributed by atoms with Gasteiger partial charge in [0.1, 0.15) is 0 Å². The quantitative estimate of drug-likeness (QED) is 0.736. The Labute approximate surface area is 145 Å². The Morgan fingerprint density at radius 3 is 2.55 bits per heavy atom. The molecule has 1 atom stereocenters. The van der Waals surface area contributed by atoms with Crippen LogP contribution in [-0.4, -0.2) is 15.7 Å². The fourth-order valence-corrected chi connectivity index (χ4v) is 2.75. The van der Waals surface area contributed by atoms with Gasteiger partial charge in [0.15, 0.2) is 0 Å². The van der Waals surface area contributed by atoms with Gasteiger partial charge in [0.25, 0.3) is 0 Å². The second-order valence-electron chi connectivity index (χ2n) is 5.49. The van der Waals surface area contributed by atoms with Crippen molar-refractivity contribution in [3.05, 3.63) is 50.9 Å². The normalized spacial score (nSPS) is 12.2. The lowest BCUT2D eigenvalue weighted by molar-refractivity contribution is -0.122. The van der Waals surface area contributed by atoms with Crippen molar-refractivity contribution >= 4 is 28.5 Å². The number of rotatable bonds is 6. The molecule has 1 heterocycles. The summed E-state index contributed by atoms with van der Waals surface area (Å²) in [5.74, 6) is 0.0670. The molecule has 5 heteroatoms. The van der Waals surface area contributed by atoms with E-state index in [1.54, 1.807) is 0 Å². The molecule has 4 nitrogen and oxygen atoms in total. The van der Waals surface area contributed by atoms with Crippen molar-refractivity contribution in [3.8, 4) is 0 Å². The van der Waals surface area contributed by atoms with Crippen molar-refractivity contribution in [2.75, 3.05) is 0 Å². The molecule has 1 amide bonds. The van der Waals surface area contributed by atoms with Gasteiger partial charge in [-0.2, -0.15) is 5.10 Å². The molecule has 0 saturated carbocycles. The molecule has 0 bridgehead atoms. The Bertz CT molecular complexity index is 634. The molecular formula is C17H22IN3O. The molecule has 0 aliphatic rings. The zero-order valence-corrected chi connectivity index (χ0v) is 15.4. The Morgan fingerprint density at radius 2 is 2.00 bits per heavy atom. The second kappa shape index (κ2) is 7.76. The Morgan fingerprint density at radius 1 is 1.32 bits per heavy atom. The molecule has 0 spiro atoms. The molecule has 0 saturated heterocycles.